The van der Waals surface area contributed by atoms with Crippen molar-refractivity contribution in [3.8, 4) is 57.3 Å². The van der Waals surface area contributed by atoms with Gasteiger partial charge in [0.05, 0.1) is 21.2 Å². The van der Waals surface area contributed by atoms with E-state index in [0.29, 0.717) is 56.2 Å². The molecule has 0 aliphatic rings. The van der Waals surface area contributed by atoms with Crippen LogP contribution in [-0.4, -0.2) is 20.4 Å². The normalized spacial score (nSPS) is 11.0. The van der Waals surface area contributed by atoms with Crippen LogP contribution in [0.2, 0.25) is 10.0 Å². The molecule has 6 aromatic rings. The van der Waals surface area contributed by atoms with Gasteiger partial charge in [-0.25, -0.2) is 0 Å². The van der Waals surface area contributed by atoms with Gasteiger partial charge in [0.25, 0.3) is 0 Å². The van der Waals surface area contributed by atoms with E-state index >= 15 is 0 Å². The Bertz CT molecular complexity index is 1550. The van der Waals surface area contributed by atoms with Crippen molar-refractivity contribution in [1.29, 1.82) is 0 Å². The molecule has 0 aliphatic carbocycles. The predicted molar refractivity (Wildman–Crippen MR) is 140 cm³/mol. The molecule has 0 radical (unpaired) electrons. The zero-order chi connectivity index (χ0) is 25.2. The van der Waals surface area contributed by atoms with Crippen molar-refractivity contribution in [2.75, 3.05) is 0 Å². The third-order valence-corrected chi connectivity index (χ3v) is 6.16. The van der Waals surface area contributed by atoms with Crippen LogP contribution in [0.1, 0.15) is 0 Å². The lowest BCUT2D eigenvalue weighted by atomic mass is 10.2. The lowest BCUT2D eigenvalue weighted by Crippen LogP contribution is -1.85. The van der Waals surface area contributed by atoms with Crippen LogP contribution in [0.25, 0.3) is 45.8 Å². The fourth-order valence-electron chi connectivity index (χ4n) is 3.63. The molecule has 0 spiro atoms. The fraction of sp³-hybridized carbons (Fsp3) is 0. The smallest absolute Gasteiger partial charge is 0.249 e. The number of hydrogen-bond donors (Lipinski definition) is 0. The average Bonchev–Trinajstić information content (AvgIpc) is 3.61. The summed E-state index contributed by atoms with van der Waals surface area (Å²) in [7, 11) is 0. The Hall–Kier alpha value is -4.46. The summed E-state index contributed by atoms with van der Waals surface area (Å²) >= 11 is 12.5. The molecule has 180 valence electrons. The van der Waals surface area contributed by atoms with Crippen LogP contribution in [0, 0.1) is 0 Å². The molecule has 0 saturated heterocycles. The number of hydrogen-bond acceptors (Lipinski definition) is 7. The van der Waals surface area contributed by atoms with Crippen LogP contribution < -0.4 is 4.74 Å². The van der Waals surface area contributed by atoms with Gasteiger partial charge < -0.3 is 13.6 Å². The second kappa shape index (κ2) is 9.89. The van der Waals surface area contributed by atoms with Gasteiger partial charge in [0.2, 0.25) is 23.6 Å². The van der Waals surface area contributed by atoms with E-state index in [4.69, 9.17) is 36.8 Å². The second-order valence-electron chi connectivity index (χ2n) is 7.94. The van der Waals surface area contributed by atoms with E-state index in [2.05, 4.69) is 20.4 Å². The first-order chi connectivity index (χ1) is 18.1. The molecule has 7 nitrogen and oxygen atoms in total. The monoisotopic (exact) mass is 526 g/mol. The van der Waals surface area contributed by atoms with Crippen molar-refractivity contribution < 1.29 is 13.6 Å². The van der Waals surface area contributed by atoms with Gasteiger partial charge >= 0.3 is 0 Å². The van der Waals surface area contributed by atoms with Crippen LogP contribution in [0.4, 0.5) is 0 Å². The van der Waals surface area contributed by atoms with Gasteiger partial charge in [-0.05, 0) is 72.8 Å². The minimum atomic E-state index is 0.362. The van der Waals surface area contributed by atoms with Crippen LogP contribution in [0.15, 0.2) is 106 Å². The summed E-state index contributed by atoms with van der Waals surface area (Å²) in [5.74, 6) is 2.81. The van der Waals surface area contributed by atoms with Crippen LogP contribution in [0.3, 0.4) is 0 Å². The van der Waals surface area contributed by atoms with Gasteiger partial charge in [0.1, 0.15) is 11.5 Å². The minimum Gasteiger partial charge on any atom is -0.457 e. The highest BCUT2D eigenvalue weighted by Crippen LogP contribution is 2.32. The Balaban J connectivity index is 1.14. The molecule has 0 bridgehead atoms. The van der Waals surface area contributed by atoms with Crippen molar-refractivity contribution in [3.63, 3.8) is 0 Å². The number of benzene rings is 4. The zero-order valence-corrected chi connectivity index (χ0v) is 20.5. The summed E-state index contributed by atoms with van der Waals surface area (Å²) < 4.78 is 17.6. The SMILES string of the molecule is Clc1ccccc1-c1nnc(-c2ccc(Oc3ccc(-c4nnc(-c5ccccc5Cl)o4)cc3)cc2)o1. The quantitative estimate of drug-likeness (QED) is 0.216. The van der Waals surface area contributed by atoms with Gasteiger partial charge in [0, 0.05) is 11.1 Å². The summed E-state index contributed by atoms with van der Waals surface area (Å²) in [6, 6.07) is 29.4. The van der Waals surface area contributed by atoms with Crippen molar-refractivity contribution in [1.82, 2.24) is 20.4 Å². The Kier molecular flexibility index (Phi) is 6.14. The first-order valence-corrected chi connectivity index (χ1v) is 12.0. The summed E-state index contributed by atoms with van der Waals surface area (Å²) in [6.45, 7) is 0. The maximum absolute atomic E-state index is 6.23. The number of rotatable bonds is 6. The Morgan fingerprint density at radius 3 is 1.24 bits per heavy atom. The molecule has 0 unspecified atom stereocenters. The van der Waals surface area contributed by atoms with Crippen molar-refractivity contribution in [2.45, 2.75) is 0 Å². The van der Waals surface area contributed by atoms with Gasteiger partial charge in [-0.2, -0.15) is 0 Å². The number of aromatic nitrogens is 4. The lowest BCUT2D eigenvalue weighted by Gasteiger charge is -2.06. The topological polar surface area (TPSA) is 87.1 Å². The standard InChI is InChI=1S/C28H16Cl2N4O3/c29-23-7-3-1-5-21(23)27-33-31-25(36-27)17-9-13-19(14-10-17)35-20-15-11-18(12-16-20)26-32-34-28(37-26)22-6-2-4-8-24(22)30/h1-16H. The van der Waals surface area contributed by atoms with Crippen molar-refractivity contribution in [3.05, 3.63) is 107 Å². The molecule has 2 aromatic heterocycles. The van der Waals surface area contributed by atoms with E-state index in [9.17, 15) is 0 Å². The highest BCUT2D eigenvalue weighted by atomic mass is 35.5. The third-order valence-electron chi connectivity index (χ3n) is 5.50. The molecule has 37 heavy (non-hydrogen) atoms. The second-order valence-corrected chi connectivity index (χ2v) is 8.75. The summed E-state index contributed by atoms with van der Waals surface area (Å²) in [6.07, 6.45) is 0. The molecule has 0 fully saturated rings. The number of ether oxygens (including phenoxy) is 1. The van der Waals surface area contributed by atoms with E-state index in [-0.39, 0.29) is 0 Å². The van der Waals surface area contributed by atoms with E-state index in [1.54, 1.807) is 12.1 Å². The van der Waals surface area contributed by atoms with Crippen molar-refractivity contribution in [2.24, 2.45) is 0 Å². The molecule has 0 aliphatic heterocycles. The van der Waals surface area contributed by atoms with Gasteiger partial charge in [-0.15, -0.1) is 20.4 Å². The largest absolute Gasteiger partial charge is 0.457 e. The average molecular weight is 527 g/mol. The zero-order valence-electron chi connectivity index (χ0n) is 19.0. The summed E-state index contributed by atoms with van der Waals surface area (Å²) in [5.41, 5.74) is 2.90. The predicted octanol–water partition coefficient (Wildman–Crippen LogP) is 8.22. The van der Waals surface area contributed by atoms with Crippen LogP contribution in [0.5, 0.6) is 11.5 Å². The van der Waals surface area contributed by atoms with Crippen molar-refractivity contribution >= 4 is 23.2 Å². The van der Waals surface area contributed by atoms with Crippen LogP contribution >= 0.6 is 23.2 Å². The first-order valence-electron chi connectivity index (χ1n) is 11.2. The third kappa shape index (κ3) is 4.82. The van der Waals surface area contributed by atoms with E-state index in [0.717, 1.165) is 11.1 Å². The van der Waals surface area contributed by atoms with E-state index < -0.39 is 0 Å². The summed E-state index contributed by atoms with van der Waals surface area (Å²) in [5, 5.41) is 17.6. The molecule has 2 heterocycles. The number of nitrogens with zero attached hydrogens (tertiary/aromatic N) is 4. The fourth-order valence-corrected chi connectivity index (χ4v) is 4.07. The molecule has 6 rings (SSSR count). The highest BCUT2D eigenvalue weighted by molar-refractivity contribution is 6.33. The maximum Gasteiger partial charge on any atom is 0.249 e. The lowest BCUT2D eigenvalue weighted by molar-refractivity contribution is 0.482. The molecule has 0 N–H and O–H groups in total. The maximum atomic E-state index is 6.23. The Morgan fingerprint density at radius 1 is 0.459 bits per heavy atom. The molecule has 9 heteroatoms. The first kappa shape index (κ1) is 23.0. The Labute approximate surface area is 221 Å². The minimum absolute atomic E-state index is 0.362. The number of halogens is 2. The highest BCUT2D eigenvalue weighted by Gasteiger charge is 2.14. The molecule has 0 amide bonds. The summed E-state index contributed by atoms with van der Waals surface area (Å²) in [4.78, 5) is 0. The molecule has 0 saturated carbocycles. The molecule has 4 aromatic carbocycles. The van der Waals surface area contributed by atoms with Gasteiger partial charge in [-0.1, -0.05) is 47.5 Å². The molecule has 0 atom stereocenters. The molecular weight excluding hydrogens is 511 g/mol. The van der Waals surface area contributed by atoms with Gasteiger partial charge in [-0.3, -0.25) is 0 Å². The molecular formula is C28H16Cl2N4O3. The van der Waals surface area contributed by atoms with Crippen LogP contribution in [-0.2, 0) is 0 Å². The Morgan fingerprint density at radius 2 is 0.838 bits per heavy atom. The van der Waals surface area contributed by atoms with Gasteiger partial charge in [0.15, 0.2) is 0 Å². The van der Waals surface area contributed by atoms with E-state index in [1.807, 2.05) is 84.9 Å². The van der Waals surface area contributed by atoms with E-state index in [1.165, 1.54) is 0 Å².